The third kappa shape index (κ3) is 4.53. The molecular formula is C22H24N2OS2. The van der Waals surface area contributed by atoms with Gasteiger partial charge in [-0.25, -0.2) is 4.98 Å². The Hall–Kier alpha value is -1.85. The molecule has 140 valence electrons. The van der Waals surface area contributed by atoms with E-state index >= 15 is 0 Å². The standard InChI is InChI=1S/C22H24N2OS2/c1-16-8-10-18(11-9-16)26-14-12-21(25)24-13-4-5-17(15-24)22-23-19-6-2-3-7-20(19)27-22/h2-3,6-11,17H,4-5,12-15H2,1H3/t17-/m0/s1. The summed E-state index contributed by atoms with van der Waals surface area (Å²) in [4.78, 5) is 20.8. The molecule has 0 spiro atoms. The highest BCUT2D eigenvalue weighted by Gasteiger charge is 2.26. The van der Waals surface area contributed by atoms with Crippen LogP contribution in [0.1, 0.15) is 35.8 Å². The van der Waals surface area contributed by atoms with Gasteiger partial charge >= 0.3 is 0 Å². The number of carbonyl (C=O) groups excluding carboxylic acids is 1. The zero-order chi connectivity index (χ0) is 18.6. The van der Waals surface area contributed by atoms with Crippen LogP contribution >= 0.6 is 23.1 Å². The second-order valence-electron chi connectivity index (χ2n) is 7.11. The van der Waals surface area contributed by atoms with E-state index in [4.69, 9.17) is 4.98 Å². The van der Waals surface area contributed by atoms with Crippen LogP contribution < -0.4 is 0 Å². The van der Waals surface area contributed by atoms with Crippen molar-refractivity contribution in [1.82, 2.24) is 9.88 Å². The number of amides is 1. The largest absolute Gasteiger partial charge is 0.342 e. The van der Waals surface area contributed by atoms with Gasteiger partial charge in [0, 0.05) is 36.1 Å². The monoisotopic (exact) mass is 396 g/mol. The molecule has 1 saturated heterocycles. The number of nitrogens with zero attached hydrogens (tertiary/aromatic N) is 2. The van der Waals surface area contributed by atoms with Crippen LogP contribution in [0.4, 0.5) is 0 Å². The number of hydrogen-bond acceptors (Lipinski definition) is 4. The summed E-state index contributed by atoms with van der Waals surface area (Å²) in [7, 11) is 0. The molecule has 1 atom stereocenters. The van der Waals surface area contributed by atoms with Crippen molar-refractivity contribution in [3.63, 3.8) is 0 Å². The molecule has 0 saturated carbocycles. The van der Waals surface area contributed by atoms with Gasteiger partial charge < -0.3 is 4.90 Å². The summed E-state index contributed by atoms with van der Waals surface area (Å²) in [6.07, 6.45) is 2.80. The zero-order valence-electron chi connectivity index (χ0n) is 15.6. The van der Waals surface area contributed by atoms with E-state index in [0.717, 1.165) is 37.2 Å². The number of aromatic nitrogens is 1. The highest BCUT2D eigenvalue weighted by Crippen LogP contribution is 2.33. The molecule has 0 radical (unpaired) electrons. The Bertz CT molecular complexity index is 886. The molecule has 27 heavy (non-hydrogen) atoms. The van der Waals surface area contributed by atoms with Crippen molar-refractivity contribution >= 4 is 39.2 Å². The van der Waals surface area contributed by atoms with Gasteiger partial charge in [-0.2, -0.15) is 0 Å². The molecule has 0 N–H and O–H groups in total. The molecule has 1 aliphatic rings. The van der Waals surface area contributed by atoms with Gasteiger partial charge in [-0.15, -0.1) is 23.1 Å². The number of thioether (sulfide) groups is 1. The van der Waals surface area contributed by atoms with Gasteiger partial charge in [0.15, 0.2) is 0 Å². The van der Waals surface area contributed by atoms with Gasteiger partial charge in [-0.05, 0) is 44.0 Å². The van der Waals surface area contributed by atoms with E-state index < -0.39 is 0 Å². The summed E-state index contributed by atoms with van der Waals surface area (Å²) in [5.74, 6) is 1.50. The quantitative estimate of drug-likeness (QED) is 0.534. The highest BCUT2D eigenvalue weighted by molar-refractivity contribution is 7.99. The third-order valence-electron chi connectivity index (χ3n) is 5.04. The molecule has 4 rings (SSSR count). The molecule has 1 aliphatic heterocycles. The number of benzene rings is 2. The molecule has 1 aromatic heterocycles. The lowest BCUT2D eigenvalue weighted by atomic mass is 9.98. The van der Waals surface area contributed by atoms with Crippen LogP contribution in [-0.2, 0) is 4.79 Å². The van der Waals surface area contributed by atoms with E-state index in [-0.39, 0.29) is 5.91 Å². The molecule has 0 aliphatic carbocycles. The Kier molecular flexibility index (Phi) is 5.79. The van der Waals surface area contributed by atoms with Crippen molar-refractivity contribution in [3.05, 3.63) is 59.1 Å². The van der Waals surface area contributed by atoms with Crippen LogP contribution in [0.3, 0.4) is 0 Å². The number of thiazole rings is 1. The predicted octanol–water partition coefficient (Wildman–Crippen LogP) is 5.49. The van der Waals surface area contributed by atoms with Gasteiger partial charge in [0.25, 0.3) is 0 Å². The molecular weight excluding hydrogens is 372 g/mol. The van der Waals surface area contributed by atoms with Crippen molar-refractivity contribution in [2.45, 2.75) is 37.0 Å². The number of para-hydroxylation sites is 1. The van der Waals surface area contributed by atoms with Crippen molar-refractivity contribution in [3.8, 4) is 0 Å². The van der Waals surface area contributed by atoms with Crippen LogP contribution in [0.5, 0.6) is 0 Å². The number of likely N-dealkylation sites (tertiary alicyclic amines) is 1. The van der Waals surface area contributed by atoms with Gasteiger partial charge in [0.1, 0.15) is 0 Å². The van der Waals surface area contributed by atoms with Crippen molar-refractivity contribution in [2.75, 3.05) is 18.8 Å². The summed E-state index contributed by atoms with van der Waals surface area (Å²) < 4.78 is 1.24. The SMILES string of the molecule is Cc1ccc(SCCC(=O)N2CCC[C@H](c3nc4ccccc4s3)C2)cc1. The molecule has 0 bridgehead atoms. The number of piperidine rings is 1. The summed E-state index contributed by atoms with van der Waals surface area (Å²) >= 11 is 3.54. The summed E-state index contributed by atoms with van der Waals surface area (Å²) in [6.45, 7) is 3.79. The first-order valence-electron chi connectivity index (χ1n) is 9.52. The second-order valence-corrected chi connectivity index (χ2v) is 9.34. The topological polar surface area (TPSA) is 33.2 Å². The van der Waals surface area contributed by atoms with Crippen LogP contribution in [0.25, 0.3) is 10.2 Å². The Morgan fingerprint density at radius 1 is 1.22 bits per heavy atom. The number of hydrogen-bond donors (Lipinski definition) is 0. The first-order chi connectivity index (χ1) is 13.2. The van der Waals surface area contributed by atoms with Gasteiger partial charge in [0.2, 0.25) is 5.91 Å². The van der Waals surface area contributed by atoms with E-state index in [0.29, 0.717) is 12.3 Å². The Labute approximate surface area is 168 Å². The lowest BCUT2D eigenvalue weighted by Crippen LogP contribution is -2.39. The van der Waals surface area contributed by atoms with Gasteiger partial charge in [-0.3, -0.25) is 4.79 Å². The number of carbonyl (C=O) groups is 1. The Balaban J connectivity index is 1.33. The fourth-order valence-corrected chi connectivity index (χ4v) is 5.45. The molecule has 3 aromatic rings. The summed E-state index contributed by atoms with van der Waals surface area (Å²) in [5, 5.41) is 1.18. The molecule has 2 aromatic carbocycles. The summed E-state index contributed by atoms with van der Waals surface area (Å²) in [6, 6.07) is 16.8. The molecule has 2 heterocycles. The fourth-order valence-electron chi connectivity index (χ4n) is 3.52. The maximum atomic E-state index is 12.7. The van der Waals surface area contributed by atoms with Crippen molar-refractivity contribution in [2.24, 2.45) is 0 Å². The van der Waals surface area contributed by atoms with E-state index in [1.165, 1.54) is 20.2 Å². The third-order valence-corrected chi connectivity index (χ3v) is 7.25. The van der Waals surface area contributed by atoms with E-state index in [1.54, 1.807) is 23.1 Å². The Morgan fingerprint density at radius 2 is 2.04 bits per heavy atom. The minimum Gasteiger partial charge on any atom is -0.342 e. The second kappa shape index (κ2) is 8.44. The Morgan fingerprint density at radius 3 is 2.85 bits per heavy atom. The lowest BCUT2D eigenvalue weighted by Gasteiger charge is -2.32. The average molecular weight is 397 g/mol. The first-order valence-corrected chi connectivity index (χ1v) is 11.3. The normalized spacial score (nSPS) is 17.4. The molecule has 1 amide bonds. The smallest absolute Gasteiger partial charge is 0.223 e. The first kappa shape index (κ1) is 18.5. The summed E-state index contributed by atoms with van der Waals surface area (Å²) in [5.41, 5.74) is 2.35. The zero-order valence-corrected chi connectivity index (χ0v) is 17.2. The van der Waals surface area contributed by atoms with Crippen molar-refractivity contribution in [1.29, 1.82) is 0 Å². The van der Waals surface area contributed by atoms with Crippen LogP contribution in [0.2, 0.25) is 0 Å². The minimum absolute atomic E-state index is 0.278. The minimum atomic E-state index is 0.278. The van der Waals surface area contributed by atoms with E-state index in [9.17, 15) is 4.79 Å². The van der Waals surface area contributed by atoms with E-state index in [1.807, 2.05) is 6.07 Å². The number of rotatable bonds is 5. The fraction of sp³-hybridized carbons (Fsp3) is 0.364. The van der Waals surface area contributed by atoms with Gasteiger partial charge in [-0.1, -0.05) is 29.8 Å². The lowest BCUT2D eigenvalue weighted by molar-refractivity contribution is -0.131. The molecule has 3 nitrogen and oxygen atoms in total. The van der Waals surface area contributed by atoms with Gasteiger partial charge in [0.05, 0.1) is 15.2 Å². The molecule has 1 fully saturated rings. The average Bonchev–Trinajstić information content (AvgIpc) is 3.14. The number of aryl methyl sites for hydroxylation is 1. The van der Waals surface area contributed by atoms with Crippen LogP contribution in [-0.4, -0.2) is 34.6 Å². The maximum Gasteiger partial charge on any atom is 0.223 e. The van der Waals surface area contributed by atoms with Crippen LogP contribution in [0, 0.1) is 6.92 Å². The number of fused-ring (bicyclic) bond motifs is 1. The molecule has 5 heteroatoms. The molecule has 0 unspecified atom stereocenters. The highest BCUT2D eigenvalue weighted by atomic mass is 32.2. The maximum absolute atomic E-state index is 12.7. The predicted molar refractivity (Wildman–Crippen MR) is 115 cm³/mol. The van der Waals surface area contributed by atoms with E-state index in [2.05, 4.69) is 54.3 Å². The van der Waals surface area contributed by atoms with Crippen molar-refractivity contribution < 1.29 is 4.79 Å². The van der Waals surface area contributed by atoms with Crippen LogP contribution in [0.15, 0.2) is 53.4 Å².